The molecule has 6 aromatic carbocycles. The van der Waals surface area contributed by atoms with Crippen LogP contribution in [-0.2, 0) is 21.7 Å². The van der Waals surface area contributed by atoms with Gasteiger partial charge in [-0.3, -0.25) is 9.59 Å². The van der Waals surface area contributed by atoms with Crippen LogP contribution in [0.3, 0.4) is 0 Å². The third kappa shape index (κ3) is 12.0. The topological polar surface area (TPSA) is 61.8 Å². The molecule has 0 aliphatic heterocycles. The van der Waals surface area contributed by atoms with Crippen LogP contribution in [0.25, 0.3) is 0 Å². The number of rotatable bonds is 20. The smallest absolute Gasteiger partial charge is 0.194 e. The van der Waals surface area contributed by atoms with Gasteiger partial charge in [-0.15, -0.1) is 12.3 Å². The minimum Gasteiger partial charge on any atom is -0.494 e. The highest BCUT2D eigenvalue weighted by Crippen LogP contribution is 2.47. The Bertz CT molecular complexity index is 2610. The molecule has 0 saturated heterocycles. The summed E-state index contributed by atoms with van der Waals surface area (Å²) in [5, 5.41) is 0. The Hall–Kier alpha value is -6.38. The Kier molecular flexibility index (Phi) is 16.3. The lowest BCUT2D eigenvalue weighted by Gasteiger charge is -2.38. The van der Waals surface area contributed by atoms with Gasteiger partial charge in [-0.2, -0.15) is 0 Å². The highest BCUT2D eigenvalue weighted by atomic mass is 16.5. The molecule has 0 amide bonds. The molecule has 0 unspecified atom stereocenters. The molecule has 5 heteroatoms. The average molecular weight is 935 g/mol. The highest BCUT2D eigenvalue weighted by Gasteiger charge is 2.39. The summed E-state index contributed by atoms with van der Waals surface area (Å²) in [5.41, 5.74) is 9.85. The Labute approximate surface area is 419 Å². The van der Waals surface area contributed by atoms with Crippen molar-refractivity contribution >= 4 is 11.6 Å². The maximum atomic E-state index is 13.6. The second-order valence-electron chi connectivity index (χ2n) is 22.2. The van der Waals surface area contributed by atoms with Gasteiger partial charge in [-0.05, 0) is 142 Å². The van der Waals surface area contributed by atoms with Gasteiger partial charge in [-0.25, -0.2) is 0 Å². The van der Waals surface area contributed by atoms with E-state index in [0.717, 1.165) is 63.5 Å². The number of hydrogen-bond donors (Lipinski definition) is 0. The molecule has 7 rings (SSSR count). The number of fused-ring (bicyclic) bond motifs is 2. The summed E-state index contributed by atoms with van der Waals surface area (Å²) >= 11 is 0. The fourth-order valence-corrected chi connectivity index (χ4v) is 9.56. The maximum Gasteiger partial charge on any atom is 0.194 e. The lowest BCUT2D eigenvalue weighted by molar-refractivity contribution is 0.0978. The van der Waals surface area contributed by atoms with E-state index in [2.05, 4.69) is 165 Å². The number of unbranched alkanes of at least 4 members (excludes halogenated alkanes) is 7. The van der Waals surface area contributed by atoms with E-state index in [1.807, 2.05) is 0 Å². The van der Waals surface area contributed by atoms with Crippen molar-refractivity contribution < 1.29 is 23.8 Å². The van der Waals surface area contributed by atoms with Crippen molar-refractivity contribution in [3.8, 4) is 29.6 Å². The summed E-state index contributed by atoms with van der Waals surface area (Å²) in [5.74, 6) is 4.37. The van der Waals surface area contributed by atoms with Crippen molar-refractivity contribution in [2.45, 2.75) is 142 Å². The van der Waals surface area contributed by atoms with Gasteiger partial charge in [0.25, 0.3) is 0 Å². The van der Waals surface area contributed by atoms with Crippen molar-refractivity contribution in [1.29, 1.82) is 0 Å². The largest absolute Gasteiger partial charge is 0.494 e. The van der Waals surface area contributed by atoms with Crippen molar-refractivity contribution in [3.63, 3.8) is 0 Å². The number of ether oxygens (including phenoxy) is 3. The van der Waals surface area contributed by atoms with Gasteiger partial charge >= 0.3 is 0 Å². The van der Waals surface area contributed by atoms with Gasteiger partial charge in [0.2, 0.25) is 0 Å². The molecule has 0 atom stereocenters. The summed E-state index contributed by atoms with van der Waals surface area (Å²) in [6, 6.07) is 47.0. The molecule has 0 saturated carbocycles. The van der Waals surface area contributed by atoms with Gasteiger partial charge < -0.3 is 14.2 Å². The van der Waals surface area contributed by atoms with Gasteiger partial charge in [0.1, 0.15) is 17.2 Å². The first kappa shape index (κ1) is 51.5. The van der Waals surface area contributed by atoms with E-state index < -0.39 is 5.41 Å². The lowest BCUT2D eigenvalue weighted by Crippen LogP contribution is -2.31. The van der Waals surface area contributed by atoms with Gasteiger partial charge in [0.15, 0.2) is 11.6 Å². The standard InChI is InChI=1S/C65H74O5/c1-11-12-13-14-15-18-42-69-54-37-39-56-58(44-54)60(66)57-40-38-55(45-59(57)61(56)67)70-43-20-17-16-19-41-68-53-35-33-52(34-36-53)65(49-27-21-46(22-28-49)62(2,3)4,50-29-23-47(24-30-50)63(5,6)7)51-31-25-48(26-32-51)64(8,9)10/h1,21-40,44-45H,12-20,41-43H2,2-10H3. The second kappa shape index (κ2) is 22.1. The third-order valence-corrected chi connectivity index (χ3v) is 13.9. The minimum atomic E-state index is -0.579. The van der Waals surface area contributed by atoms with Crippen molar-refractivity contribution in [1.82, 2.24) is 0 Å². The summed E-state index contributed by atoms with van der Waals surface area (Å²) in [4.78, 5) is 27.1. The number of hydrogen-bond acceptors (Lipinski definition) is 5. The second-order valence-corrected chi connectivity index (χ2v) is 22.2. The van der Waals surface area contributed by atoms with Crippen LogP contribution in [0, 0.1) is 12.3 Å². The predicted molar refractivity (Wildman–Crippen MR) is 287 cm³/mol. The van der Waals surface area contributed by atoms with E-state index in [4.69, 9.17) is 20.6 Å². The molecule has 0 fully saturated rings. The number of carbonyl (C=O) groups excluding carboxylic acids is 2. The molecule has 364 valence electrons. The lowest BCUT2D eigenvalue weighted by atomic mass is 9.64. The Morgan fingerprint density at radius 2 is 0.643 bits per heavy atom. The first-order chi connectivity index (χ1) is 33.4. The van der Waals surface area contributed by atoms with Crippen LogP contribution in [0.4, 0.5) is 0 Å². The number of ketones is 2. The number of carbonyl (C=O) groups is 2. The van der Waals surface area contributed by atoms with Gasteiger partial charge in [0, 0.05) is 28.7 Å². The van der Waals surface area contributed by atoms with Crippen LogP contribution in [0.5, 0.6) is 17.2 Å². The number of terminal acetylenes is 1. The predicted octanol–water partition coefficient (Wildman–Crippen LogP) is 15.7. The zero-order chi connectivity index (χ0) is 50.1. The molecule has 1 aliphatic carbocycles. The van der Waals surface area contributed by atoms with Crippen LogP contribution < -0.4 is 14.2 Å². The fourth-order valence-electron chi connectivity index (χ4n) is 9.56. The van der Waals surface area contributed by atoms with Crippen LogP contribution in [0.2, 0.25) is 0 Å². The van der Waals surface area contributed by atoms with E-state index in [1.54, 1.807) is 36.4 Å². The van der Waals surface area contributed by atoms with Crippen molar-refractivity contribution in [2.75, 3.05) is 19.8 Å². The maximum absolute atomic E-state index is 13.6. The van der Waals surface area contributed by atoms with Gasteiger partial charge in [-0.1, -0.05) is 160 Å². The van der Waals surface area contributed by atoms with Crippen LogP contribution >= 0.6 is 0 Å². The normalized spacial score (nSPS) is 12.8. The minimum absolute atomic E-state index is 0.0334. The summed E-state index contributed by atoms with van der Waals surface area (Å²) < 4.78 is 18.4. The van der Waals surface area contributed by atoms with Crippen LogP contribution in [0.1, 0.15) is 191 Å². The average Bonchev–Trinajstić information content (AvgIpc) is 3.34. The van der Waals surface area contributed by atoms with Crippen molar-refractivity contribution in [3.05, 3.63) is 195 Å². The molecule has 70 heavy (non-hydrogen) atoms. The Morgan fingerprint density at radius 3 is 0.971 bits per heavy atom. The molecular formula is C65H74O5. The molecule has 0 N–H and O–H groups in total. The van der Waals surface area contributed by atoms with E-state index in [-0.39, 0.29) is 27.8 Å². The monoisotopic (exact) mass is 935 g/mol. The first-order valence-electron chi connectivity index (χ1n) is 25.5. The highest BCUT2D eigenvalue weighted by molar-refractivity contribution is 6.28. The van der Waals surface area contributed by atoms with Crippen LogP contribution in [-0.4, -0.2) is 31.4 Å². The SMILES string of the molecule is C#CCCCCCCOc1ccc2c(c1)C(=O)c1ccc(OCCCCCCOc3ccc(C(c4ccc(C(C)(C)C)cc4)(c4ccc(C(C)(C)C)cc4)c4ccc(C(C)(C)C)cc4)cc3)cc1C2=O. The molecule has 0 radical (unpaired) electrons. The van der Waals surface area contributed by atoms with Gasteiger partial charge in [0.05, 0.1) is 25.2 Å². The van der Waals surface area contributed by atoms with E-state index in [0.29, 0.717) is 53.6 Å². The molecule has 0 heterocycles. The zero-order valence-corrected chi connectivity index (χ0v) is 43.3. The quantitative estimate of drug-likeness (QED) is 0.0433. The van der Waals surface area contributed by atoms with Crippen molar-refractivity contribution in [2.24, 2.45) is 0 Å². The molecule has 0 bridgehead atoms. The first-order valence-corrected chi connectivity index (χ1v) is 25.5. The molecule has 1 aliphatic rings. The van der Waals surface area contributed by atoms with E-state index in [9.17, 15) is 9.59 Å². The Morgan fingerprint density at radius 1 is 0.357 bits per heavy atom. The zero-order valence-electron chi connectivity index (χ0n) is 43.3. The fraction of sp³-hybridized carbons (Fsp3) is 0.385. The molecule has 6 aromatic rings. The Balaban J connectivity index is 0.967. The molecule has 5 nitrogen and oxygen atoms in total. The van der Waals surface area contributed by atoms with E-state index in [1.165, 1.54) is 38.9 Å². The molecule has 0 spiro atoms. The summed E-state index contributed by atoms with van der Waals surface area (Å²) in [6.45, 7) is 22.1. The summed E-state index contributed by atoms with van der Waals surface area (Å²) in [6.07, 6.45) is 13.9. The summed E-state index contributed by atoms with van der Waals surface area (Å²) in [7, 11) is 0. The third-order valence-electron chi connectivity index (χ3n) is 13.9. The molecular weight excluding hydrogens is 861 g/mol. The molecule has 0 aromatic heterocycles. The van der Waals surface area contributed by atoms with Crippen LogP contribution in [0.15, 0.2) is 133 Å². The number of benzene rings is 6. The van der Waals surface area contributed by atoms with E-state index >= 15 is 0 Å².